The number of hydrogen-bond acceptors (Lipinski definition) is 6. The van der Waals surface area contributed by atoms with Crippen LogP contribution in [-0.4, -0.2) is 56.8 Å². The third-order valence-corrected chi connectivity index (χ3v) is 7.29. The van der Waals surface area contributed by atoms with Crippen LogP contribution in [0.5, 0.6) is 0 Å². The van der Waals surface area contributed by atoms with Crippen LogP contribution in [0.2, 0.25) is 0 Å². The van der Waals surface area contributed by atoms with Gasteiger partial charge in [0.05, 0.1) is 16.3 Å². The molecular weight excluding hydrogens is 354 g/mol. The monoisotopic (exact) mass is 379 g/mol. The molecule has 5 nitrogen and oxygen atoms in total. The molecule has 1 fully saturated rings. The molecule has 136 valence electrons. The van der Waals surface area contributed by atoms with Gasteiger partial charge in [-0.2, -0.15) is 0 Å². The largest absolute Gasteiger partial charge is 0.347 e. The maximum absolute atomic E-state index is 12.3. The van der Waals surface area contributed by atoms with E-state index in [0.717, 1.165) is 50.0 Å². The zero-order valence-corrected chi connectivity index (χ0v) is 16.2. The number of aromatic nitrogens is 1. The van der Waals surface area contributed by atoms with Crippen LogP contribution in [0.3, 0.4) is 0 Å². The van der Waals surface area contributed by atoms with Crippen LogP contribution in [0.1, 0.15) is 18.5 Å². The zero-order valence-electron chi connectivity index (χ0n) is 14.6. The smallest absolute Gasteiger partial charge is 0.185 e. The standard InChI is InChI=1S/C18H25N3O2S2/c1-16-15-24-18(19-16)21-11-5-9-20(12-13-21)10-6-14-25(22,23)17-7-3-2-4-8-17/h2-4,7-8,15H,5-6,9-14H2,1H3. The average molecular weight is 380 g/mol. The van der Waals surface area contributed by atoms with Gasteiger partial charge in [-0.1, -0.05) is 18.2 Å². The number of hydrogen-bond donors (Lipinski definition) is 0. The molecule has 1 saturated heterocycles. The molecule has 0 N–H and O–H groups in total. The van der Waals surface area contributed by atoms with Crippen LogP contribution in [0.25, 0.3) is 0 Å². The van der Waals surface area contributed by atoms with Gasteiger partial charge in [0.2, 0.25) is 0 Å². The molecule has 0 radical (unpaired) electrons. The lowest BCUT2D eigenvalue weighted by Crippen LogP contribution is -2.32. The third-order valence-electron chi connectivity index (χ3n) is 4.46. The molecule has 0 unspecified atom stereocenters. The van der Waals surface area contributed by atoms with E-state index in [2.05, 4.69) is 20.2 Å². The minimum atomic E-state index is -3.17. The Kier molecular flexibility index (Phi) is 6.09. The van der Waals surface area contributed by atoms with Crippen molar-refractivity contribution in [3.63, 3.8) is 0 Å². The lowest BCUT2D eigenvalue weighted by molar-refractivity contribution is 0.294. The number of sulfone groups is 1. The van der Waals surface area contributed by atoms with Crippen molar-refractivity contribution in [1.82, 2.24) is 9.88 Å². The minimum Gasteiger partial charge on any atom is -0.347 e. The van der Waals surface area contributed by atoms with Crippen LogP contribution >= 0.6 is 11.3 Å². The number of aryl methyl sites for hydroxylation is 1. The van der Waals surface area contributed by atoms with Gasteiger partial charge >= 0.3 is 0 Å². The highest BCUT2D eigenvalue weighted by Gasteiger charge is 2.18. The number of benzene rings is 1. The summed E-state index contributed by atoms with van der Waals surface area (Å²) in [6.07, 6.45) is 1.76. The first-order valence-electron chi connectivity index (χ1n) is 8.72. The molecule has 2 aromatic rings. The summed E-state index contributed by atoms with van der Waals surface area (Å²) in [5.74, 6) is 0.211. The second-order valence-corrected chi connectivity index (χ2v) is 9.38. The predicted octanol–water partition coefficient (Wildman–Crippen LogP) is 2.83. The van der Waals surface area contributed by atoms with Crippen molar-refractivity contribution in [1.29, 1.82) is 0 Å². The molecular formula is C18H25N3O2S2. The molecule has 2 heterocycles. The van der Waals surface area contributed by atoms with E-state index in [1.165, 1.54) is 0 Å². The topological polar surface area (TPSA) is 53.5 Å². The molecule has 0 aliphatic carbocycles. The first-order chi connectivity index (χ1) is 12.0. The number of anilines is 1. The van der Waals surface area contributed by atoms with E-state index >= 15 is 0 Å². The molecule has 0 saturated carbocycles. The maximum Gasteiger partial charge on any atom is 0.185 e. The first kappa shape index (κ1) is 18.4. The molecule has 0 spiro atoms. The van der Waals surface area contributed by atoms with E-state index in [9.17, 15) is 8.42 Å². The second kappa shape index (κ2) is 8.29. The Morgan fingerprint density at radius 2 is 1.92 bits per heavy atom. The molecule has 25 heavy (non-hydrogen) atoms. The molecule has 1 aliphatic rings. The van der Waals surface area contributed by atoms with Gasteiger partial charge in [-0.05, 0) is 45.0 Å². The highest BCUT2D eigenvalue weighted by atomic mass is 32.2. The molecule has 1 aliphatic heterocycles. The summed E-state index contributed by atoms with van der Waals surface area (Å²) in [5.41, 5.74) is 1.08. The minimum absolute atomic E-state index is 0.211. The predicted molar refractivity (Wildman–Crippen MR) is 103 cm³/mol. The van der Waals surface area contributed by atoms with E-state index in [0.29, 0.717) is 11.3 Å². The maximum atomic E-state index is 12.3. The molecule has 3 rings (SSSR count). The molecule has 1 aromatic heterocycles. The van der Waals surface area contributed by atoms with E-state index in [1.54, 1.807) is 35.6 Å². The fourth-order valence-electron chi connectivity index (χ4n) is 3.10. The van der Waals surface area contributed by atoms with Gasteiger partial charge in [0.15, 0.2) is 15.0 Å². The summed E-state index contributed by atoms with van der Waals surface area (Å²) in [5, 5.41) is 3.19. The molecule has 0 amide bonds. The van der Waals surface area contributed by atoms with Crippen molar-refractivity contribution in [2.24, 2.45) is 0 Å². The molecule has 0 bridgehead atoms. The van der Waals surface area contributed by atoms with Gasteiger partial charge in [0.25, 0.3) is 0 Å². The summed E-state index contributed by atoms with van der Waals surface area (Å²) in [6.45, 7) is 6.81. The molecule has 1 aromatic carbocycles. The van der Waals surface area contributed by atoms with E-state index in [1.807, 2.05) is 13.0 Å². The van der Waals surface area contributed by atoms with Gasteiger partial charge in [0, 0.05) is 25.0 Å². The van der Waals surface area contributed by atoms with E-state index < -0.39 is 9.84 Å². The van der Waals surface area contributed by atoms with Gasteiger partial charge in [-0.3, -0.25) is 0 Å². The number of rotatable bonds is 6. The van der Waals surface area contributed by atoms with Gasteiger partial charge < -0.3 is 9.80 Å². The third kappa shape index (κ3) is 5.03. The van der Waals surface area contributed by atoms with Crippen LogP contribution in [-0.2, 0) is 9.84 Å². The summed E-state index contributed by atoms with van der Waals surface area (Å²) < 4.78 is 24.7. The van der Waals surface area contributed by atoms with Crippen molar-refractivity contribution in [3.8, 4) is 0 Å². The Labute approximate surface area is 154 Å². The second-order valence-electron chi connectivity index (χ2n) is 6.44. The van der Waals surface area contributed by atoms with Crippen molar-refractivity contribution in [2.75, 3.05) is 43.4 Å². The zero-order chi connectivity index (χ0) is 17.7. The summed E-state index contributed by atoms with van der Waals surface area (Å²) >= 11 is 1.70. The summed E-state index contributed by atoms with van der Waals surface area (Å²) in [4.78, 5) is 9.72. The number of nitrogens with zero attached hydrogens (tertiary/aromatic N) is 3. The highest BCUT2D eigenvalue weighted by molar-refractivity contribution is 7.91. The van der Waals surface area contributed by atoms with Gasteiger partial charge in [0.1, 0.15) is 0 Å². The van der Waals surface area contributed by atoms with Crippen LogP contribution in [0.4, 0.5) is 5.13 Å². The van der Waals surface area contributed by atoms with Crippen LogP contribution in [0, 0.1) is 6.92 Å². The Balaban J connectivity index is 1.48. The SMILES string of the molecule is Cc1csc(N2CCCN(CCCS(=O)(=O)c3ccccc3)CC2)n1. The Hall–Kier alpha value is -1.44. The molecule has 7 heteroatoms. The van der Waals surface area contributed by atoms with Gasteiger partial charge in [-0.15, -0.1) is 11.3 Å². The lowest BCUT2D eigenvalue weighted by atomic mass is 10.3. The fourth-order valence-corrected chi connectivity index (χ4v) is 5.27. The lowest BCUT2D eigenvalue weighted by Gasteiger charge is -2.21. The van der Waals surface area contributed by atoms with Crippen LogP contribution in [0.15, 0.2) is 40.6 Å². The van der Waals surface area contributed by atoms with Crippen molar-refractivity contribution < 1.29 is 8.42 Å². The Bertz CT molecular complexity index is 775. The van der Waals surface area contributed by atoms with Crippen LogP contribution < -0.4 is 4.90 Å². The van der Waals surface area contributed by atoms with E-state index in [-0.39, 0.29) is 5.75 Å². The van der Waals surface area contributed by atoms with Gasteiger partial charge in [-0.25, -0.2) is 13.4 Å². The van der Waals surface area contributed by atoms with Crippen molar-refractivity contribution >= 4 is 26.3 Å². The average Bonchev–Trinajstić information content (AvgIpc) is 2.90. The number of thiazole rings is 1. The van der Waals surface area contributed by atoms with E-state index in [4.69, 9.17) is 0 Å². The summed E-state index contributed by atoms with van der Waals surface area (Å²) in [6, 6.07) is 8.74. The normalized spacial score (nSPS) is 16.8. The fraction of sp³-hybridized carbons (Fsp3) is 0.500. The first-order valence-corrected chi connectivity index (χ1v) is 11.2. The van der Waals surface area contributed by atoms with Crippen molar-refractivity contribution in [2.45, 2.75) is 24.7 Å². The Morgan fingerprint density at radius 3 is 2.64 bits per heavy atom. The highest BCUT2D eigenvalue weighted by Crippen LogP contribution is 2.21. The summed E-state index contributed by atoms with van der Waals surface area (Å²) in [7, 11) is -3.17. The Morgan fingerprint density at radius 1 is 1.12 bits per heavy atom. The quantitative estimate of drug-likeness (QED) is 0.772. The van der Waals surface area contributed by atoms with Crippen molar-refractivity contribution in [3.05, 3.63) is 41.4 Å². The molecule has 0 atom stereocenters.